The molecule has 20 heavy (non-hydrogen) atoms. The van der Waals surface area contributed by atoms with Gasteiger partial charge in [0.25, 0.3) is 0 Å². The number of benzene rings is 1. The molecule has 2 heteroatoms. The molecular weight excluding hydrogens is 241 g/mol. The molecule has 1 unspecified atom stereocenters. The van der Waals surface area contributed by atoms with Crippen LogP contribution in [-0.4, -0.2) is 32.3 Å². The van der Waals surface area contributed by atoms with Gasteiger partial charge in [0, 0.05) is 13.1 Å². The molecule has 0 aliphatic carbocycles. The van der Waals surface area contributed by atoms with Gasteiger partial charge in [0.2, 0.25) is 0 Å². The summed E-state index contributed by atoms with van der Waals surface area (Å²) >= 11 is 0. The second-order valence-electron chi connectivity index (χ2n) is 6.39. The van der Waals surface area contributed by atoms with Gasteiger partial charge in [-0.1, -0.05) is 55.0 Å². The molecule has 0 aromatic heterocycles. The Kier molecular flexibility index (Phi) is 4.31. The zero-order valence-corrected chi connectivity index (χ0v) is 12.9. The first-order valence-electron chi connectivity index (χ1n) is 8.10. The molecule has 1 aromatic rings. The second-order valence-corrected chi connectivity index (χ2v) is 6.39. The minimum atomic E-state index is 0.824. The molecule has 0 N–H and O–H groups in total. The van der Waals surface area contributed by atoms with E-state index in [-0.39, 0.29) is 0 Å². The van der Waals surface area contributed by atoms with Gasteiger partial charge in [-0.15, -0.1) is 0 Å². The van der Waals surface area contributed by atoms with E-state index in [2.05, 4.69) is 50.4 Å². The molecule has 0 spiro atoms. The lowest BCUT2D eigenvalue weighted by Crippen LogP contribution is -2.27. The molecule has 2 aliphatic heterocycles. The normalized spacial score (nSPS) is 24.0. The molecule has 1 radical (unpaired) electrons. The molecule has 105 valence electrons. The highest BCUT2D eigenvalue weighted by atomic mass is 15.1. The summed E-state index contributed by atoms with van der Waals surface area (Å²) in [6.07, 6.45) is 6.33. The van der Waals surface area contributed by atoms with Crippen LogP contribution in [-0.2, 0) is 0 Å². The second kappa shape index (κ2) is 6.18. The summed E-state index contributed by atoms with van der Waals surface area (Å²) in [4.78, 5) is 2.45. The van der Waals surface area contributed by atoms with E-state index in [4.69, 9.17) is 0 Å². The highest BCUT2D eigenvalue weighted by molar-refractivity contribution is 6.55. The minimum absolute atomic E-state index is 0.824. The number of hydrogen-bond donors (Lipinski definition) is 0. The number of hydrogen-bond acceptors (Lipinski definition) is 1. The van der Waals surface area contributed by atoms with Crippen molar-refractivity contribution in [2.24, 2.45) is 5.92 Å². The largest absolute Gasteiger partial charge is 0.306 e. The van der Waals surface area contributed by atoms with Crippen molar-refractivity contribution in [3.8, 4) is 0 Å². The van der Waals surface area contributed by atoms with Crippen LogP contribution >= 0.6 is 0 Å². The van der Waals surface area contributed by atoms with E-state index in [1.807, 2.05) is 0 Å². The van der Waals surface area contributed by atoms with Gasteiger partial charge in [0.15, 0.2) is 7.28 Å². The Morgan fingerprint density at radius 1 is 1.20 bits per heavy atom. The summed E-state index contributed by atoms with van der Waals surface area (Å²) in [5.41, 5.74) is 6.38. The number of piperidine rings is 1. The molecule has 0 saturated carbocycles. The summed E-state index contributed by atoms with van der Waals surface area (Å²) in [5, 5.41) is 0. The van der Waals surface area contributed by atoms with E-state index in [0.29, 0.717) is 0 Å². The molecule has 3 rings (SSSR count). The molecular formula is C18H25BN. The van der Waals surface area contributed by atoms with Crippen molar-refractivity contribution in [2.75, 3.05) is 20.1 Å². The van der Waals surface area contributed by atoms with Gasteiger partial charge >= 0.3 is 0 Å². The first-order chi connectivity index (χ1) is 9.78. The standard InChI is InChI=1S/C18H25BN/c1-3-14-12-17(15-8-10-20(2)11-9-15)16-6-4-5-7-18(16)19-13-14/h4-7,14H,3,8-13H2,1-2H3. The smallest absolute Gasteiger partial charge is 0.152 e. The van der Waals surface area contributed by atoms with E-state index in [1.54, 1.807) is 11.1 Å². The highest BCUT2D eigenvalue weighted by Gasteiger charge is 2.23. The Morgan fingerprint density at radius 2 is 1.95 bits per heavy atom. The number of fused-ring (bicyclic) bond motifs is 1. The van der Waals surface area contributed by atoms with E-state index in [9.17, 15) is 0 Å². The van der Waals surface area contributed by atoms with Gasteiger partial charge in [0.1, 0.15) is 0 Å². The zero-order chi connectivity index (χ0) is 13.9. The zero-order valence-electron chi connectivity index (χ0n) is 12.9. The summed E-state index contributed by atoms with van der Waals surface area (Å²) < 4.78 is 0. The maximum absolute atomic E-state index is 2.46. The maximum Gasteiger partial charge on any atom is 0.152 e. The van der Waals surface area contributed by atoms with Crippen molar-refractivity contribution in [2.45, 2.75) is 38.9 Å². The van der Waals surface area contributed by atoms with E-state index < -0.39 is 0 Å². The van der Waals surface area contributed by atoms with Gasteiger partial charge in [-0.25, -0.2) is 0 Å². The first-order valence-corrected chi connectivity index (χ1v) is 8.10. The van der Waals surface area contributed by atoms with Crippen molar-refractivity contribution < 1.29 is 0 Å². The summed E-state index contributed by atoms with van der Waals surface area (Å²) in [6, 6.07) is 9.01. The fourth-order valence-corrected chi connectivity index (χ4v) is 3.56. The quantitative estimate of drug-likeness (QED) is 0.705. The first kappa shape index (κ1) is 13.9. The Balaban J connectivity index is 1.99. The highest BCUT2D eigenvalue weighted by Crippen LogP contribution is 2.34. The van der Waals surface area contributed by atoms with Crippen LogP contribution < -0.4 is 5.46 Å². The topological polar surface area (TPSA) is 3.24 Å². The number of allylic oxidation sites excluding steroid dienone is 1. The third kappa shape index (κ3) is 2.86. The Bertz CT molecular complexity index is 496. The third-order valence-corrected chi connectivity index (χ3v) is 5.04. The van der Waals surface area contributed by atoms with Crippen LogP contribution in [0.4, 0.5) is 0 Å². The van der Waals surface area contributed by atoms with Gasteiger partial charge in [-0.3, -0.25) is 0 Å². The predicted octanol–water partition coefficient (Wildman–Crippen LogP) is 3.34. The molecule has 1 saturated heterocycles. The van der Waals surface area contributed by atoms with Gasteiger partial charge in [0.05, 0.1) is 0 Å². The van der Waals surface area contributed by atoms with E-state index >= 15 is 0 Å². The molecule has 1 fully saturated rings. The van der Waals surface area contributed by atoms with Gasteiger partial charge < -0.3 is 4.90 Å². The lowest BCUT2D eigenvalue weighted by atomic mass is 9.63. The minimum Gasteiger partial charge on any atom is -0.306 e. The average Bonchev–Trinajstić information content (AvgIpc) is 2.68. The van der Waals surface area contributed by atoms with Crippen molar-refractivity contribution in [1.29, 1.82) is 0 Å². The molecule has 2 aliphatic rings. The van der Waals surface area contributed by atoms with Gasteiger partial charge in [-0.05, 0) is 43.4 Å². The molecule has 1 aromatic carbocycles. The van der Waals surface area contributed by atoms with Crippen molar-refractivity contribution in [3.63, 3.8) is 0 Å². The van der Waals surface area contributed by atoms with Crippen molar-refractivity contribution in [1.82, 2.24) is 4.90 Å². The fourth-order valence-electron chi connectivity index (χ4n) is 3.56. The van der Waals surface area contributed by atoms with E-state index in [1.165, 1.54) is 56.1 Å². The summed E-state index contributed by atoms with van der Waals surface area (Å²) in [6.45, 7) is 4.79. The van der Waals surface area contributed by atoms with Crippen LogP contribution in [0.5, 0.6) is 0 Å². The number of rotatable bonds is 1. The van der Waals surface area contributed by atoms with E-state index in [0.717, 1.165) is 5.92 Å². The lowest BCUT2D eigenvalue weighted by molar-refractivity contribution is 0.312. The van der Waals surface area contributed by atoms with Crippen LogP contribution in [0.3, 0.4) is 0 Å². The Hall–Kier alpha value is -1.02. The number of likely N-dealkylation sites (tertiary alicyclic amines) is 1. The van der Waals surface area contributed by atoms with Gasteiger partial charge in [-0.2, -0.15) is 0 Å². The SMILES string of the molecule is CCC1C[B]c2ccccc2C(=C2CCN(C)CC2)C1. The molecule has 2 heterocycles. The summed E-state index contributed by atoms with van der Waals surface area (Å²) in [7, 11) is 4.71. The van der Waals surface area contributed by atoms with Crippen LogP contribution in [0.1, 0.15) is 38.2 Å². The Morgan fingerprint density at radius 3 is 2.70 bits per heavy atom. The van der Waals surface area contributed by atoms with Crippen LogP contribution in [0.2, 0.25) is 6.32 Å². The van der Waals surface area contributed by atoms with Crippen molar-refractivity contribution in [3.05, 3.63) is 35.4 Å². The number of nitrogens with zero attached hydrogens (tertiary/aromatic N) is 1. The van der Waals surface area contributed by atoms with Crippen LogP contribution in [0, 0.1) is 5.92 Å². The van der Waals surface area contributed by atoms with Crippen LogP contribution in [0.25, 0.3) is 5.57 Å². The molecule has 1 atom stereocenters. The molecule has 0 amide bonds. The summed E-state index contributed by atoms with van der Waals surface area (Å²) in [5.74, 6) is 0.824. The Labute approximate surface area is 124 Å². The van der Waals surface area contributed by atoms with Crippen LogP contribution in [0.15, 0.2) is 29.8 Å². The third-order valence-electron chi connectivity index (χ3n) is 5.04. The molecule has 0 bridgehead atoms. The lowest BCUT2D eigenvalue weighted by Gasteiger charge is -2.27. The van der Waals surface area contributed by atoms with Crippen molar-refractivity contribution >= 4 is 18.3 Å². The monoisotopic (exact) mass is 266 g/mol. The average molecular weight is 266 g/mol. The predicted molar refractivity (Wildman–Crippen MR) is 88.7 cm³/mol. The fraction of sp³-hybridized carbons (Fsp3) is 0.556. The molecule has 1 nitrogen and oxygen atoms in total. The maximum atomic E-state index is 2.46.